The van der Waals surface area contributed by atoms with E-state index in [0.717, 1.165) is 33.9 Å². The molecule has 0 saturated carbocycles. The van der Waals surface area contributed by atoms with E-state index in [1.54, 1.807) is 12.4 Å². The second kappa shape index (κ2) is 6.96. The summed E-state index contributed by atoms with van der Waals surface area (Å²) in [6.07, 6.45) is 3.58. The van der Waals surface area contributed by atoms with Gasteiger partial charge in [-0.3, -0.25) is 4.98 Å². The van der Waals surface area contributed by atoms with E-state index in [9.17, 15) is 0 Å². The number of pyridine rings is 2. The number of anilines is 1. The fourth-order valence-corrected chi connectivity index (χ4v) is 2.92. The molecule has 0 aliphatic rings. The van der Waals surface area contributed by atoms with E-state index in [1.807, 2.05) is 24.3 Å². The Morgan fingerprint density at radius 1 is 1.00 bits per heavy atom. The van der Waals surface area contributed by atoms with E-state index in [4.69, 9.17) is 4.98 Å². The van der Waals surface area contributed by atoms with Crippen molar-refractivity contribution in [3.8, 4) is 11.4 Å². The summed E-state index contributed by atoms with van der Waals surface area (Å²) in [5.74, 6) is 2.10. The molecule has 26 heavy (non-hydrogen) atoms. The van der Waals surface area contributed by atoms with Crippen LogP contribution in [0.3, 0.4) is 0 Å². The van der Waals surface area contributed by atoms with Gasteiger partial charge in [0.05, 0.1) is 17.8 Å². The normalized spacial score (nSPS) is 11.2. The average molecular weight is 343 g/mol. The highest BCUT2D eigenvalue weighted by molar-refractivity contribution is 5.88. The Morgan fingerprint density at radius 3 is 2.73 bits per heavy atom. The summed E-state index contributed by atoms with van der Waals surface area (Å²) < 4.78 is 0. The van der Waals surface area contributed by atoms with Gasteiger partial charge in [-0.2, -0.15) is 0 Å². The minimum Gasteiger partial charge on any atom is -0.363 e. The fraction of sp³-hybridized carbons (Fsp3) is 0.190. The third kappa shape index (κ3) is 3.28. The number of imidazole rings is 1. The van der Waals surface area contributed by atoms with E-state index in [1.165, 1.54) is 5.56 Å². The molecule has 0 fully saturated rings. The van der Waals surface area contributed by atoms with Crippen molar-refractivity contribution in [1.29, 1.82) is 0 Å². The number of aromatic nitrogens is 4. The van der Waals surface area contributed by atoms with Crippen LogP contribution in [0.15, 0.2) is 60.9 Å². The lowest BCUT2D eigenvalue weighted by atomic mass is 10.0. The molecule has 0 bridgehead atoms. The van der Waals surface area contributed by atoms with Crippen LogP contribution in [0.1, 0.15) is 31.0 Å². The Morgan fingerprint density at radius 2 is 1.92 bits per heavy atom. The second-order valence-electron chi connectivity index (χ2n) is 6.60. The number of nitrogens with zero attached hydrogens (tertiary/aromatic N) is 3. The van der Waals surface area contributed by atoms with Crippen molar-refractivity contribution in [1.82, 2.24) is 19.9 Å². The molecule has 4 aromatic rings. The van der Waals surface area contributed by atoms with Gasteiger partial charge < -0.3 is 10.3 Å². The van der Waals surface area contributed by atoms with Crippen LogP contribution >= 0.6 is 0 Å². The van der Waals surface area contributed by atoms with Gasteiger partial charge in [-0.15, -0.1) is 0 Å². The van der Waals surface area contributed by atoms with Crippen molar-refractivity contribution in [2.24, 2.45) is 0 Å². The van der Waals surface area contributed by atoms with E-state index in [2.05, 4.69) is 58.4 Å². The van der Waals surface area contributed by atoms with Crippen LogP contribution < -0.4 is 5.32 Å². The lowest BCUT2D eigenvalue weighted by Gasteiger charge is -2.06. The molecule has 130 valence electrons. The van der Waals surface area contributed by atoms with Crippen molar-refractivity contribution >= 4 is 16.9 Å². The van der Waals surface area contributed by atoms with Gasteiger partial charge in [-0.05, 0) is 35.7 Å². The highest BCUT2D eigenvalue weighted by Gasteiger charge is 2.11. The summed E-state index contributed by atoms with van der Waals surface area (Å²) in [5.41, 5.74) is 5.16. The number of benzene rings is 1. The Kier molecular flexibility index (Phi) is 4.35. The monoisotopic (exact) mass is 343 g/mol. The molecular weight excluding hydrogens is 322 g/mol. The molecule has 5 nitrogen and oxygen atoms in total. The summed E-state index contributed by atoms with van der Waals surface area (Å²) in [6.45, 7) is 5.00. The van der Waals surface area contributed by atoms with Crippen molar-refractivity contribution in [3.63, 3.8) is 0 Å². The third-order valence-electron chi connectivity index (χ3n) is 4.39. The van der Waals surface area contributed by atoms with Gasteiger partial charge in [-0.25, -0.2) is 9.97 Å². The highest BCUT2D eigenvalue weighted by atomic mass is 15.0. The van der Waals surface area contributed by atoms with Gasteiger partial charge in [0.1, 0.15) is 11.3 Å². The zero-order valence-electron chi connectivity index (χ0n) is 14.9. The molecule has 4 rings (SSSR count). The van der Waals surface area contributed by atoms with E-state index in [0.29, 0.717) is 12.5 Å². The highest BCUT2D eigenvalue weighted by Crippen LogP contribution is 2.26. The molecule has 0 aliphatic heterocycles. The zero-order valence-corrected chi connectivity index (χ0v) is 14.9. The van der Waals surface area contributed by atoms with E-state index in [-0.39, 0.29) is 0 Å². The lowest BCUT2D eigenvalue weighted by molar-refractivity contribution is 0.867. The molecule has 0 atom stereocenters. The summed E-state index contributed by atoms with van der Waals surface area (Å²) in [7, 11) is 0. The maximum Gasteiger partial charge on any atom is 0.154 e. The van der Waals surface area contributed by atoms with Crippen LogP contribution in [0.5, 0.6) is 0 Å². The maximum absolute atomic E-state index is 4.79. The van der Waals surface area contributed by atoms with Gasteiger partial charge in [0.15, 0.2) is 5.82 Å². The Balaban J connectivity index is 1.66. The van der Waals surface area contributed by atoms with E-state index >= 15 is 0 Å². The van der Waals surface area contributed by atoms with Gasteiger partial charge in [0.25, 0.3) is 0 Å². The number of hydrogen-bond donors (Lipinski definition) is 2. The smallest absolute Gasteiger partial charge is 0.154 e. The summed E-state index contributed by atoms with van der Waals surface area (Å²) in [5, 5.41) is 3.34. The first-order valence-corrected chi connectivity index (χ1v) is 8.79. The molecule has 0 unspecified atom stereocenters. The molecule has 1 aromatic carbocycles. The van der Waals surface area contributed by atoms with Crippen molar-refractivity contribution in [3.05, 3.63) is 72.2 Å². The van der Waals surface area contributed by atoms with E-state index < -0.39 is 0 Å². The largest absolute Gasteiger partial charge is 0.363 e. The zero-order chi connectivity index (χ0) is 17.9. The topological polar surface area (TPSA) is 66.5 Å². The Bertz CT molecular complexity index is 1020. The third-order valence-corrected chi connectivity index (χ3v) is 4.39. The molecule has 3 heterocycles. The number of fused-ring (bicyclic) bond motifs is 1. The standard InChI is InChI=1S/C21H21N5/c1-14(2)15-6-5-7-16(12-15)20-25-18-9-11-23-21(19(18)26-20)24-13-17-8-3-4-10-22-17/h3-12,14H,13H2,1-2H3,(H,23,24)(H,25,26). The van der Waals surface area contributed by atoms with Gasteiger partial charge in [-0.1, -0.05) is 38.1 Å². The molecular formula is C21H21N5. The molecule has 0 aliphatic carbocycles. The van der Waals surface area contributed by atoms with Gasteiger partial charge >= 0.3 is 0 Å². The minimum atomic E-state index is 0.483. The number of hydrogen-bond acceptors (Lipinski definition) is 4. The van der Waals surface area contributed by atoms with Crippen LogP contribution in [-0.4, -0.2) is 19.9 Å². The van der Waals surface area contributed by atoms with Crippen molar-refractivity contribution < 1.29 is 0 Å². The van der Waals surface area contributed by atoms with Crippen LogP contribution in [0.25, 0.3) is 22.4 Å². The van der Waals surface area contributed by atoms with Crippen molar-refractivity contribution in [2.45, 2.75) is 26.3 Å². The SMILES string of the molecule is CC(C)c1cccc(-c2nc3c(NCc4ccccn4)nccc3[nH]2)c1. The molecule has 5 heteroatoms. The Hall–Kier alpha value is -3.21. The second-order valence-corrected chi connectivity index (χ2v) is 6.60. The molecule has 0 saturated heterocycles. The van der Waals surface area contributed by atoms with Crippen LogP contribution in [0.4, 0.5) is 5.82 Å². The number of aromatic amines is 1. The van der Waals surface area contributed by atoms with Crippen LogP contribution in [-0.2, 0) is 6.54 Å². The number of nitrogens with one attached hydrogen (secondary N) is 2. The van der Waals surface area contributed by atoms with Crippen LogP contribution in [0.2, 0.25) is 0 Å². The summed E-state index contributed by atoms with van der Waals surface area (Å²) >= 11 is 0. The summed E-state index contributed by atoms with van der Waals surface area (Å²) in [4.78, 5) is 17.0. The summed E-state index contributed by atoms with van der Waals surface area (Å²) in [6, 6.07) is 16.3. The van der Waals surface area contributed by atoms with Crippen LogP contribution in [0, 0.1) is 0 Å². The molecule has 0 radical (unpaired) electrons. The fourth-order valence-electron chi connectivity index (χ4n) is 2.92. The van der Waals surface area contributed by atoms with Gasteiger partial charge in [0, 0.05) is 18.0 Å². The first-order valence-electron chi connectivity index (χ1n) is 8.79. The molecule has 0 amide bonds. The first kappa shape index (κ1) is 16.3. The predicted octanol–water partition coefficient (Wildman–Crippen LogP) is 4.76. The average Bonchev–Trinajstić information content (AvgIpc) is 3.12. The molecule has 2 N–H and O–H groups in total. The van der Waals surface area contributed by atoms with Crippen molar-refractivity contribution in [2.75, 3.05) is 5.32 Å². The first-order chi connectivity index (χ1) is 12.7. The Labute approximate surface area is 152 Å². The number of H-pyrrole nitrogens is 1. The van der Waals surface area contributed by atoms with Gasteiger partial charge in [0.2, 0.25) is 0 Å². The lowest BCUT2D eigenvalue weighted by Crippen LogP contribution is -2.03. The quantitative estimate of drug-likeness (QED) is 0.548. The maximum atomic E-state index is 4.79. The molecule has 0 spiro atoms. The molecule has 3 aromatic heterocycles. The predicted molar refractivity (Wildman–Crippen MR) is 105 cm³/mol. The number of rotatable bonds is 5. The minimum absolute atomic E-state index is 0.483.